The second-order valence-electron chi connectivity index (χ2n) is 3.49. The Morgan fingerprint density at radius 2 is 2.00 bits per heavy atom. The Kier molecular flexibility index (Phi) is 6.35. The third kappa shape index (κ3) is 5.51. The molecule has 1 aromatic carbocycles. The van der Waals surface area contributed by atoms with Gasteiger partial charge in [-0.2, -0.15) is 0 Å². The highest BCUT2D eigenvalue weighted by molar-refractivity contribution is 5.52. The number of hydrogen-bond acceptors (Lipinski definition) is 4. The molecule has 96 valence electrons. The van der Waals surface area contributed by atoms with E-state index in [2.05, 4.69) is 0 Å². The Labute approximate surface area is 100 Å². The molecule has 0 aromatic heterocycles. The summed E-state index contributed by atoms with van der Waals surface area (Å²) in [7, 11) is 1.65. The van der Waals surface area contributed by atoms with Crippen LogP contribution in [0.15, 0.2) is 18.2 Å². The summed E-state index contributed by atoms with van der Waals surface area (Å²) in [6.45, 7) is 2.19. The van der Waals surface area contributed by atoms with Crippen LogP contribution in [0.3, 0.4) is 0 Å². The molecule has 0 saturated heterocycles. The molecular weight excluding hydrogens is 225 g/mol. The van der Waals surface area contributed by atoms with Gasteiger partial charge in [-0.25, -0.2) is 4.39 Å². The summed E-state index contributed by atoms with van der Waals surface area (Å²) in [5.74, 6) is 0.109. The number of methoxy groups -OCH3 is 1. The van der Waals surface area contributed by atoms with E-state index in [-0.39, 0.29) is 5.82 Å². The summed E-state index contributed by atoms with van der Waals surface area (Å²) in [4.78, 5) is 0. The van der Waals surface area contributed by atoms with E-state index in [1.54, 1.807) is 7.11 Å². The molecule has 0 spiro atoms. The Morgan fingerprint density at radius 1 is 1.18 bits per heavy atom. The molecule has 0 bridgehead atoms. The molecule has 0 fully saturated rings. The van der Waals surface area contributed by atoms with Gasteiger partial charge in [0.15, 0.2) is 0 Å². The summed E-state index contributed by atoms with van der Waals surface area (Å²) in [6, 6.07) is 4.05. The third-order valence-electron chi connectivity index (χ3n) is 2.09. The van der Waals surface area contributed by atoms with Gasteiger partial charge in [0.2, 0.25) is 0 Å². The van der Waals surface area contributed by atoms with Crippen LogP contribution in [0.25, 0.3) is 0 Å². The van der Waals surface area contributed by atoms with Crippen molar-refractivity contribution in [1.82, 2.24) is 0 Å². The van der Waals surface area contributed by atoms with Crippen molar-refractivity contribution in [2.45, 2.75) is 6.42 Å². The number of halogens is 1. The second-order valence-corrected chi connectivity index (χ2v) is 3.49. The summed E-state index contributed by atoms with van der Waals surface area (Å²) in [5, 5.41) is 0. The lowest BCUT2D eigenvalue weighted by Gasteiger charge is -2.09. The zero-order chi connectivity index (χ0) is 12.5. The average Bonchev–Trinajstić information content (AvgIpc) is 2.30. The standard InChI is InChI=1S/C12H18FNO3/c1-15-5-2-6-16-7-8-17-12-4-3-10(13)9-11(12)14/h3-4,9H,2,5-8,14H2,1H3. The van der Waals surface area contributed by atoms with Gasteiger partial charge >= 0.3 is 0 Å². The molecule has 0 aliphatic carbocycles. The molecule has 1 aromatic rings. The van der Waals surface area contributed by atoms with E-state index in [1.807, 2.05) is 0 Å². The van der Waals surface area contributed by atoms with Crippen LogP contribution in [-0.2, 0) is 9.47 Å². The second kappa shape index (κ2) is 7.86. The van der Waals surface area contributed by atoms with E-state index in [0.717, 1.165) is 6.42 Å². The molecule has 0 aliphatic heterocycles. The summed E-state index contributed by atoms with van der Waals surface area (Å²) < 4.78 is 28.3. The quantitative estimate of drug-likeness (QED) is 0.559. The third-order valence-corrected chi connectivity index (χ3v) is 2.09. The number of ether oxygens (including phenoxy) is 3. The molecule has 2 N–H and O–H groups in total. The first-order chi connectivity index (χ1) is 8.24. The molecule has 0 amide bonds. The minimum absolute atomic E-state index is 0.296. The largest absolute Gasteiger partial charge is 0.489 e. The number of benzene rings is 1. The van der Waals surface area contributed by atoms with E-state index >= 15 is 0 Å². The van der Waals surface area contributed by atoms with Crippen molar-refractivity contribution in [1.29, 1.82) is 0 Å². The molecule has 0 saturated carbocycles. The molecule has 17 heavy (non-hydrogen) atoms. The summed E-state index contributed by atoms with van der Waals surface area (Å²) in [6.07, 6.45) is 0.856. The SMILES string of the molecule is COCCCOCCOc1ccc(F)cc1N. The van der Waals surface area contributed by atoms with E-state index < -0.39 is 0 Å². The molecule has 4 nitrogen and oxygen atoms in total. The first-order valence-electron chi connectivity index (χ1n) is 5.48. The fourth-order valence-corrected chi connectivity index (χ4v) is 1.27. The van der Waals surface area contributed by atoms with Crippen LogP contribution in [-0.4, -0.2) is 33.5 Å². The number of nitrogens with two attached hydrogens (primary N) is 1. The van der Waals surface area contributed by atoms with E-state index in [1.165, 1.54) is 18.2 Å². The average molecular weight is 243 g/mol. The lowest BCUT2D eigenvalue weighted by molar-refractivity contribution is 0.0808. The predicted molar refractivity (Wildman–Crippen MR) is 63.6 cm³/mol. The van der Waals surface area contributed by atoms with Crippen LogP contribution in [0.5, 0.6) is 5.75 Å². The summed E-state index contributed by atoms with van der Waals surface area (Å²) >= 11 is 0. The van der Waals surface area contributed by atoms with Crippen molar-refractivity contribution in [2.24, 2.45) is 0 Å². The smallest absolute Gasteiger partial charge is 0.142 e. The van der Waals surface area contributed by atoms with Gasteiger partial charge in [-0.3, -0.25) is 0 Å². The van der Waals surface area contributed by atoms with Gasteiger partial charge in [-0.05, 0) is 18.6 Å². The van der Waals surface area contributed by atoms with E-state index in [9.17, 15) is 4.39 Å². The Bertz CT molecular complexity index is 334. The minimum Gasteiger partial charge on any atom is -0.489 e. The molecule has 5 heteroatoms. The van der Waals surface area contributed by atoms with Crippen LogP contribution >= 0.6 is 0 Å². The molecule has 0 aliphatic rings. The maximum absolute atomic E-state index is 12.7. The Balaban J connectivity index is 2.14. The lowest BCUT2D eigenvalue weighted by Crippen LogP contribution is -2.09. The summed E-state index contributed by atoms with van der Waals surface area (Å²) in [5.41, 5.74) is 5.88. The van der Waals surface area contributed by atoms with Crippen molar-refractivity contribution in [3.8, 4) is 5.75 Å². The lowest BCUT2D eigenvalue weighted by atomic mass is 10.3. The van der Waals surface area contributed by atoms with E-state index in [4.69, 9.17) is 19.9 Å². The highest BCUT2D eigenvalue weighted by atomic mass is 19.1. The zero-order valence-corrected chi connectivity index (χ0v) is 9.95. The van der Waals surface area contributed by atoms with Crippen molar-refractivity contribution in [2.75, 3.05) is 39.3 Å². The van der Waals surface area contributed by atoms with Gasteiger partial charge in [0.1, 0.15) is 18.2 Å². The zero-order valence-electron chi connectivity index (χ0n) is 9.95. The number of anilines is 1. The van der Waals surface area contributed by atoms with Gasteiger partial charge in [-0.1, -0.05) is 0 Å². The first-order valence-corrected chi connectivity index (χ1v) is 5.48. The van der Waals surface area contributed by atoms with Gasteiger partial charge < -0.3 is 19.9 Å². The van der Waals surface area contributed by atoms with Crippen molar-refractivity contribution >= 4 is 5.69 Å². The predicted octanol–water partition coefficient (Wildman–Crippen LogP) is 1.84. The van der Waals surface area contributed by atoms with Gasteiger partial charge in [0.05, 0.1) is 12.3 Å². The van der Waals surface area contributed by atoms with Gasteiger partial charge in [-0.15, -0.1) is 0 Å². The molecule has 0 unspecified atom stereocenters. The normalized spacial score (nSPS) is 10.5. The van der Waals surface area contributed by atoms with Crippen LogP contribution < -0.4 is 10.5 Å². The van der Waals surface area contributed by atoms with Crippen LogP contribution in [0, 0.1) is 5.82 Å². The van der Waals surface area contributed by atoms with Crippen molar-refractivity contribution < 1.29 is 18.6 Å². The maximum atomic E-state index is 12.7. The van der Waals surface area contributed by atoms with Crippen LogP contribution in [0.2, 0.25) is 0 Å². The molecular formula is C12H18FNO3. The fraction of sp³-hybridized carbons (Fsp3) is 0.500. The highest BCUT2D eigenvalue weighted by Gasteiger charge is 2.01. The number of nitrogen functional groups attached to an aromatic ring is 1. The Hall–Kier alpha value is -1.33. The van der Waals surface area contributed by atoms with Crippen LogP contribution in [0.4, 0.5) is 10.1 Å². The number of hydrogen-bond donors (Lipinski definition) is 1. The van der Waals surface area contributed by atoms with E-state index in [0.29, 0.717) is 37.9 Å². The van der Waals surface area contributed by atoms with Crippen LogP contribution in [0.1, 0.15) is 6.42 Å². The topological polar surface area (TPSA) is 53.7 Å². The number of rotatable bonds is 8. The van der Waals surface area contributed by atoms with Crippen molar-refractivity contribution in [3.05, 3.63) is 24.0 Å². The monoisotopic (exact) mass is 243 g/mol. The molecule has 1 rings (SSSR count). The van der Waals surface area contributed by atoms with Gasteiger partial charge in [0.25, 0.3) is 0 Å². The molecule has 0 heterocycles. The maximum Gasteiger partial charge on any atom is 0.142 e. The Morgan fingerprint density at radius 3 is 2.71 bits per heavy atom. The fourth-order valence-electron chi connectivity index (χ4n) is 1.27. The van der Waals surface area contributed by atoms with Gasteiger partial charge in [0, 0.05) is 26.4 Å². The van der Waals surface area contributed by atoms with Crippen molar-refractivity contribution in [3.63, 3.8) is 0 Å². The first kappa shape index (κ1) is 13.7. The molecule has 0 atom stereocenters. The minimum atomic E-state index is -0.370. The molecule has 0 radical (unpaired) electrons. The highest BCUT2D eigenvalue weighted by Crippen LogP contribution is 2.21.